The SMILES string of the molecule is CC(C)c1csc(C(=O)N2CCOC3(CCN(Cc4cccc(CCNC[C@H](O)c5ccc(O)c6[nH]c(=O)sc56)c4)CC3)C2)n1. The number of carbonyl (C=O) groups is 1. The molecule has 2 aliphatic heterocycles. The van der Waals surface area contributed by atoms with E-state index in [2.05, 4.69) is 58.3 Å². The van der Waals surface area contributed by atoms with Gasteiger partial charge in [-0.1, -0.05) is 55.5 Å². The number of nitrogens with one attached hydrogen (secondary N) is 2. The van der Waals surface area contributed by atoms with Crippen LogP contribution in [0.1, 0.15) is 70.9 Å². The van der Waals surface area contributed by atoms with E-state index in [0.717, 1.165) is 55.9 Å². The smallest absolute Gasteiger partial charge is 0.305 e. The fourth-order valence-electron chi connectivity index (χ4n) is 6.25. The Balaban J connectivity index is 0.967. The molecule has 2 fully saturated rings. The fourth-order valence-corrected chi connectivity index (χ4v) is 8.11. The molecule has 1 amide bonds. The van der Waals surface area contributed by atoms with Crippen LogP contribution in [0.3, 0.4) is 0 Å². The molecule has 240 valence electrons. The molecule has 4 N–H and O–H groups in total. The number of ether oxygens (including phenoxy) is 1. The number of morpholine rings is 1. The van der Waals surface area contributed by atoms with Crippen LogP contribution in [0, 0.1) is 0 Å². The second-order valence-electron chi connectivity index (χ2n) is 12.4. The van der Waals surface area contributed by atoms with Crippen molar-refractivity contribution < 1.29 is 19.7 Å². The second kappa shape index (κ2) is 13.7. The molecule has 4 heterocycles. The molecular weight excluding hydrogens is 611 g/mol. The van der Waals surface area contributed by atoms with Crippen molar-refractivity contribution >= 4 is 38.8 Å². The summed E-state index contributed by atoms with van der Waals surface area (Å²) in [7, 11) is 0. The Bertz CT molecular complexity index is 1690. The number of hydrogen-bond acceptors (Lipinski definition) is 10. The van der Waals surface area contributed by atoms with Gasteiger partial charge in [-0.25, -0.2) is 4.98 Å². The molecule has 45 heavy (non-hydrogen) atoms. The molecule has 0 saturated carbocycles. The van der Waals surface area contributed by atoms with Crippen LogP contribution < -0.4 is 10.2 Å². The Kier molecular flexibility index (Phi) is 9.69. The highest BCUT2D eigenvalue weighted by atomic mass is 32.1. The first kappa shape index (κ1) is 31.8. The van der Waals surface area contributed by atoms with Gasteiger partial charge in [0.2, 0.25) is 0 Å². The predicted octanol–water partition coefficient (Wildman–Crippen LogP) is 4.25. The highest BCUT2D eigenvalue weighted by Gasteiger charge is 2.41. The van der Waals surface area contributed by atoms with Crippen LogP contribution in [0.15, 0.2) is 46.6 Å². The van der Waals surface area contributed by atoms with E-state index in [4.69, 9.17) is 4.74 Å². The highest BCUT2D eigenvalue weighted by Crippen LogP contribution is 2.33. The molecule has 0 unspecified atom stereocenters. The number of phenols is 1. The van der Waals surface area contributed by atoms with Crippen LogP contribution in [0.4, 0.5) is 0 Å². The lowest BCUT2D eigenvalue weighted by atomic mass is 9.89. The molecule has 2 aliphatic rings. The third-order valence-electron chi connectivity index (χ3n) is 8.87. The minimum Gasteiger partial charge on any atom is -0.506 e. The van der Waals surface area contributed by atoms with E-state index in [-0.39, 0.29) is 22.1 Å². The normalized spacial score (nSPS) is 17.8. The van der Waals surface area contributed by atoms with Crippen molar-refractivity contribution in [2.24, 2.45) is 0 Å². The molecule has 4 aromatic rings. The quantitative estimate of drug-likeness (QED) is 0.187. The van der Waals surface area contributed by atoms with Crippen LogP contribution in [-0.4, -0.2) is 87.4 Å². The number of amides is 1. The summed E-state index contributed by atoms with van der Waals surface area (Å²) in [6.07, 6.45) is 1.81. The zero-order valence-electron chi connectivity index (χ0n) is 25.8. The third-order valence-corrected chi connectivity index (χ3v) is 10.7. The molecular formula is C33H41N5O5S2. The zero-order valence-corrected chi connectivity index (χ0v) is 27.4. The van der Waals surface area contributed by atoms with Gasteiger partial charge < -0.3 is 30.2 Å². The number of likely N-dealkylation sites (tertiary alicyclic amines) is 1. The third kappa shape index (κ3) is 7.32. The number of aromatic amines is 1. The van der Waals surface area contributed by atoms with E-state index in [1.165, 1.54) is 28.5 Å². The van der Waals surface area contributed by atoms with Crippen LogP contribution >= 0.6 is 22.7 Å². The van der Waals surface area contributed by atoms with Crippen molar-refractivity contribution in [3.05, 3.63) is 78.8 Å². The standard InChI is InChI=1S/C33H41N5O5S2/c1-21(2)25-19-44-30(35-25)31(41)38-14-15-43-33(20-38)9-12-37(13-10-33)18-23-5-3-4-22(16-23)8-11-34-17-27(40)24-6-7-26(39)28-29(24)45-32(42)36-28/h3-7,16,19,21,27,34,39-40H,8-15,17-18,20H2,1-2H3,(H,36,42)/t27-/m0/s1. The summed E-state index contributed by atoms with van der Waals surface area (Å²) < 4.78 is 6.91. The minimum atomic E-state index is -0.795. The van der Waals surface area contributed by atoms with Crippen molar-refractivity contribution in [3.8, 4) is 5.75 Å². The number of fused-ring (bicyclic) bond motifs is 1. The summed E-state index contributed by atoms with van der Waals surface area (Å²) in [4.78, 5) is 36.4. The molecule has 0 radical (unpaired) electrons. The van der Waals surface area contributed by atoms with Crippen LogP contribution in [0.2, 0.25) is 0 Å². The number of piperidine rings is 1. The van der Waals surface area contributed by atoms with Crippen molar-refractivity contribution in [2.75, 3.05) is 45.9 Å². The molecule has 6 rings (SSSR count). The molecule has 2 aromatic carbocycles. The summed E-state index contributed by atoms with van der Waals surface area (Å²) in [6.45, 7) is 9.73. The number of hydrogen-bond donors (Lipinski definition) is 4. The molecule has 0 aliphatic carbocycles. The number of carbonyl (C=O) groups excluding carboxylic acids is 1. The highest BCUT2D eigenvalue weighted by molar-refractivity contribution is 7.16. The minimum absolute atomic E-state index is 0.00408. The number of rotatable bonds is 10. The van der Waals surface area contributed by atoms with Gasteiger partial charge in [-0.2, -0.15) is 0 Å². The average molecular weight is 652 g/mol. The first-order valence-electron chi connectivity index (χ1n) is 15.6. The van der Waals surface area contributed by atoms with Crippen molar-refractivity contribution in [3.63, 3.8) is 0 Å². The van der Waals surface area contributed by atoms with E-state index in [1.54, 1.807) is 6.07 Å². The maximum absolute atomic E-state index is 13.2. The van der Waals surface area contributed by atoms with Gasteiger partial charge in [-0.3, -0.25) is 14.5 Å². The fraction of sp³-hybridized carbons (Fsp3) is 0.485. The number of aliphatic hydroxyl groups excluding tert-OH is 1. The van der Waals surface area contributed by atoms with Crippen LogP contribution in [0.25, 0.3) is 10.2 Å². The lowest BCUT2D eigenvalue weighted by Crippen LogP contribution is -2.57. The van der Waals surface area contributed by atoms with Crippen molar-refractivity contribution in [2.45, 2.75) is 57.3 Å². The average Bonchev–Trinajstić information content (AvgIpc) is 3.69. The maximum atomic E-state index is 13.2. The lowest BCUT2D eigenvalue weighted by Gasteiger charge is -2.47. The van der Waals surface area contributed by atoms with Gasteiger partial charge in [0.05, 0.1) is 35.3 Å². The zero-order chi connectivity index (χ0) is 31.6. The molecule has 0 bridgehead atoms. The Hall–Kier alpha value is -3.13. The lowest BCUT2D eigenvalue weighted by molar-refractivity contribution is -0.127. The Morgan fingerprint density at radius 3 is 2.76 bits per heavy atom. The number of nitrogens with zero attached hydrogens (tertiary/aromatic N) is 3. The Labute approximate surface area is 270 Å². The number of aromatic nitrogens is 2. The first-order valence-corrected chi connectivity index (χ1v) is 17.3. The first-order chi connectivity index (χ1) is 21.7. The molecule has 2 aromatic heterocycles. The Morgan fingerprint density at radius 1 is 1.18 bits per heavy atom. The van der Waals surface area contributed by atoms with Gasteiger partial charge >= 0.3 is 4.87 Å². The van der Waals surface area contributed by atoms with E-state index in [1.807, 2.05) is 10.3 Å². The molecule has 2 saturated heterocycles. The molecule has 12 heteroatoms. The van der Waals surface area contributed by atoms with Gasteiger partial charge in [0, 0.05) is 43.7 Å². The number of H-pyrrole nitrogens is 1. The van der Waals surface area contributed by atoms with E-state index >= 15 is 0 Å². The van der Waals surface area contributed by atoms with E-state index in [0.29, 0.717) is 59.5 Å². The van der Waals surface area contributed by atoms with Crippen molar-refractivity contribution in [1.29, 1.82) is 0 Å². The summed E-state index contributed by atoms with van der Waals surface area (Å²) >= 11 is 2.43. The summed E-state index contributed by atoms with van der Waals surface area (Å²) in [5.41, 5.74) is 4.18. The number of aliphatic hydroxyl groups is 1. The molecule has 10 nitrogen and oxygen atoms in total. The van der Waals surface area contributed by atoms with Crippen LogP contribution in [0.5, 0.6) is 5.75 Å². The number of benzene rings is 2. The molecule has 1 atom stereocenters. The monoisotopic (exact) mass is 651 g/mol. The van der Waals surface area contributed by atoms with E-state index in [9.17, 15) is 19.8 Å². The topological polar surface area (TPSA) is 131 Å². The van der Waals surface area contributed by atoms with Gasteiger partial charge in [-0.05, 0) is 48.9 Å². The van der Waals surface area contributed by atoms with Gasteiger partial charge in [0.25, 0.3) is 5.91 Å². The maximum Gasteiger partial charge on any atom is 0.305 e. The van der Waals surface area contributed by atoms with Gasteiger partial charge in [0.1, 0.15) is 11.3 Å². The van der Waals surface area contributed by atoms with Gasteiger partial charge in [-0.15, -0.1) is 11.3 Å². The number of thiazole rings is 2. The summed E-state index contributed by atoms with van der Waals surface area (Å²) in [6, 6.07) is 11.8. The molecule has 1 spiro atoms. The van der Waals surface area contributed by atoms with Crippen molar-refractivity contribution in [1.82, 2.24) is 25.1 Å². The predicted molar refractivity (Wildman–Crippen MR) is 177 cm³/mol. The number of aromatic hydroxyl groups is 1. The Morgan fingerprint density at radius 2 is 1.98 bits per heavy atom. The largest absolute Gasteiger partial charge is 0.506 e. The van der Waals surface area contributed by atoms with E-state index < -0.39 is 6.10 Å². The summed E-state index contributed by atoms with van der Waals surface area (Å²) in [5, 5.41) is 26.7. The number of phenolic OH excluding ortho intramolecular Hbond substituents is 1. The van der Waals surface area contributed by atoms with Crippen LogP contribution in [-0.2, 0) is 17.7 Å². The second-order valence-corrected chi connectivity index (χ2v) is 14.3. The van der Waals surface area contributed by atoms with Gasteiger partial charge in [0.15, 0.2) is 5.01 Å². The summed E-state index contributed by atoms with van der Waals surface area (Å²) in [5.74, 6) is 0.337.